The van der Waals surface area contributed by atoms with Gasteiger partial charge >= 0.3 is 6.18 Å². The lowest BCUT2D eigenvalue weighted by atomic mass is 9.95. The fourth-order valence-electron chi connectivity index (χ4n) is 4.28. The molecule has 0 saturated carbocycles. The molecule has 10 heteroatoms. The number of piperidine rings is 1. The summed E-state index contributed by atoms with van der Waals surface area (Å²) in [6, 6.07) is 12.0. The second kappa shape index (κ2) is 10.4. The second-order valence-electron chi connectivity index (χ2n) is 8.36. The summed E-state index contributed by atoms with van der Waals surface area (Å²) in [6.45, 7) is 1.01. The molecule has 1 fully saturated rings. The van der Waals surface area contributed by atoms with Gasteiger partial charge in [-0.25, -0.2) is 9.97 Å². The van der Waals surface area contributed by atoms with E-state index in [1.54, 1.807) is 43.4 Å². The van der Waals surface area contributed by atoms with E-state index in [-0.39, 0.29) is 23.2 Å². The Hall–Kier alpha value is -3.56. The van der Waals surface area contributed by atoms with Crippen molar-refractivity contribution in [3.05, 3.63) is 53.7 Å². The van der Waals surface area contributed by atoms with Gasteiger partial charge in [0.1, 0.15) is 11.5 Å². The van der Waals surface area contributed by atoms with Gasteiger partial charge in [0.25, 0.3) is 0 Å². The third-order valence-electron chi connectivity index (χ3n) is 6.17. The van der Waals surface area contributed by atoms with Gasteiger partial charge in [0, 0.05) is 31.6 Å². The minimum absolute atomic E-state index is 0.0993. The van der Waals surface area contributed by atoms with Crippen LogP contribution >= 0.6 is 0 Å². The Morgan fingerprint density at radius 3 is 2.37 bits per heavy atom. The SMILES string of the molecule is COc1ccc(CCNC(=O)C2CCN(c3nc4ccccc4nc3C(F)(F)F)CC2)c(OC)c1. The number of hydrogen-bond acceptors (Lipinski definition) is 6. The van der Waals surface area contributed by atoms with Gasteiger partial charge in [-0.1, -0.05) is 18.2 Å². The molecule has 3 aromatic rings. The molecule has 1 aliphatic rings. The Labute approximate surface area is 201 Å². The molecule has 186 valence electrons. The van der Waals surface area contributed by atoms with Crippen molar-refractivity contribution in [2.75, 3.05) is 38.8 Å². The van der Waals surface area contributed by atoms with Crippen molar-refractivity contribution in [3.63, 3.8) is 0 Å². The minimum atomic E-state index is -4.62. The van der Waals surface area contributed by atoms with Gasteiger partial charge in [-0.15, -0.1) is 0 Å². The van der Waals surface area contributed by atoms with Crippen molar-refractivity contribution in [3.8, 4) is 11.5 Å². The molecule has 7 nitrogen and oxygen atoms in total. The molecule has 0 spiro atoms. The summed E-state index contributed by atoms with van der Waals surface area (Å²) in [4.78, 5) is 22.4. The molecule has 1 amide bonds. The second-order valence-corrected chi connectivity index (χ2v) is 8.36. The molecule has 1 aliphatic heterocycles. The maximum atomic E-state index is 13.7. The lowest BCUT2D eigenvalue weighted by molar-refractivity contribution is -0.140. The molecule has 1 aromatic heterocycles. The topological polar surface area (TPSA) is 76.6 Å². The Morgan fingerprint density at radius 1 is 1.06 bits per heavy atom. The number of ether oxygens (including phenoxy) is 2. The molecule has 0 aliphatic carbocycles. The van der Waals surface area contributed by atoms with E-state index in [4.69, 9.17) is 9.47 Å². The summed E-state index contributed by atoms with van der Waals surface area (Å²) in [7, 11) is 3.16. The number of carbonyl (C=O) groups is 1. The van der Waals surface area contributed by atoms with Gasteiger partial charge in [-0.3, -0.25) is 4.79 Å². The van der Waals surface area contributed by atoms with Crippen molar-refractivity contribution in [2.24, 2.45) is 5.92 Å². The van der Waals surface area contributed by atoms with E-state index in [1.807, 2.05) is 12.1 Å². The van der Waals surface area contributed by atoms with Crippen molar-refractivity contribution >= 4 is 22.8 Å². The van der Waals surface area contributed by atoms with Gasteiger partial charge in [-0.05, 0) is 43.0 Å². The summed E-state index contributed by atoms with van der Waals surface area (Å²) in [5.74, 6) is 0.821. The number of para-hydroxylation sites is 2. The maximum absolute atomic E-state index is 13.7. The summed E-state index contributed by atoms with van der Waals surface area (Å²) in [5, 5.41) is 2.94. The molecule has 2 aromatic carbocycles. The van der Waals surface area contributed by atoms with Gasteiger partial charge in [0.05, 0.1) is 25.3 Å². The number of fused-ring (bicyclic) bond motifs is 1. The zero-order valence-corrected chi connectivity index (χ0v) is 19.6. The zero-order chi connectivity index (χ0) is 25.0. The summed E-state index contributed by atoms with van der Waals surface area (Å²) < 4.78 is 51.7. The van der Waals surface area contributed by atoms with Gasteiger partial charge in [-0.2, -0.15) is 13.2 Å². The fraction of sp³-hybridized carbons (Fsp3) is 0.400. The molecule has 4 rings (SSSR count). The lowest BCUT2D eigenvalue weighted by Gasteiger charge is -2.33. The number of nitrogens with zero attached hydrogens (tertiary/aromatic N) is 3. The first kappa shape index (κ1) is 24.6. The van der Waals surface area contributed by atoms with Gasteiger partial charge in [0.2, 0.25) is 5.91 Å². The molecular weight excluding hydrogens is 461 g/mol. The van der Waals surface area contributed by atoms with Crippen LogP contribution in [0.25, 0.3) is 11.0 Å². The van der Waals surface area contributed by atoms with Crippen LogP contribution in [-0.4, -0.2) is 49.7 Å². The Balaban J connectivity index is 1.37. The largest absolute Gasteiger partial charge is 0.497 e. The fourth-order valence-corrected chi connectivity index (χ4v) is 4.28. The molecular formula is C25H27F3N4O3. The maximum Gasteiger partial charge on any atom is 0.437 e. The first-order valence-electron chi connectivity index (χ1n) is 11.4. The average molecular weight is 489 g/mol. The number of methoxy groups -OCH3 is 2. The predicted octanol–water partition coefficient (Wildman–Crippen LogP) is 4.24. The summed E-state index contributed by atoms with van der Waals surface area (Å²) >= 11 is 0. The van der Waals surface area contributed by atoms with Crippen LogP contribution in [0.2, 0.25) is 0 Å². The van der Waals surface area contributed by atoms with E-state index in [0.29, 0.717) is 55.9 Å². The molecule has 0 radical (unpaired) electrons. The smallest absolute Gasteiger partial charge is 0.437 e. The van der Waals surface area contributed by atoms with Crippen molar-refractivity contribution in [1.29, 1.82) is 0 Å². The monoisotopic (exact) mass is 488 g/mol. The zero-order valence-electron chi connectivity index (χ0n) is 19.6. The Bertz CT molecular complexity index is 1190. The highest BCUT2D eigenvalue weighted by Gasteiger charge is 2.39. The van der Waals surface area contributed by atoms with E-state index >= 15 is 0 Å². The Morgan fingerprint density at radius 2 is 1.74 bits per heavy atom. The average Bonchev–Trinajstić information content (AvgIpc) is 2.87. The minimum Gasteiger partial charge on any atom is -0.497 e. The number of nitrogens with one attached hydrogen (secondary N) is 1. The van der Waals surface area contributed by atoms with Gasteiger partial charge in [0.15, 0.2) is 11.5 Å². The quantitative estimate of drug-likeness (QED) is 0.536. The highest BCUT2D eigenvalue weighted by Crippen LogP contribution is 2.36. The molecule has 35 heavy (non-hydrogen) atoms. The summed E-state index contributed by atoms with van der Waals surface area (Å²) in [5.41, 5.74) is 0.557. The number of amides is 1. The van der Waals surface area contributed by atoms with Crippen LogP contribution in [0.4, 0.5) is 19.0 Å². The van der Waals surface area contributed by atoms with Crippen molar-refractivity contribution in [1.82, 2.24) is 15.3 Å². The van der Waals surface area contributed by atoms with Crippen LogP contribution in [0.1, 0.15) is 24.1 Å². The third-order valence-corrected chi connectivity index (χ3v) is 6.17. The number of hydrogen-bond donors (Lipinski definition) is 1. The first-order chi connectivity index (χ1) is 16.8. The molecule has 0 unspecified atom stereocenters. The number of alkyl halides is 3. The molecule has 0 atom stereocenters. The van der Waals surface area contributed by atoms with Crippen LogP contribution < -0.4 is 19.7 Å². The van der Waals surface area contributed by atoms with E-state index in [0.717, 1.165) is 5.56 Å². The number of anilines is 1. The standard InChI is InChI=1S/C25H27F3N4O3/c1-34-18-8-7-16(21(15-18)35-2)9-12-29-24(33)17-10-13-32(14-11-17)23-22(25(26,27)28)30-19-5-3-4-6-20(19)31-23/h3-8,15,17H,9-14H2,1-2H3,(H,29,33). The lowest BCUT2D eigenvalue weighted by Crippen LogP contribution is -2.42. The van der Waals surface area contributed by atoms with Crippen LogP contribution in [0.15, 0.2) is 42.5 Å². The number of benzene rings is 2. The van der Waals surface area contributed by atoms with Crippen LogP contribution in [0, 0.1) is 5.92 Å². The normalized spacial score (nSPS) is 14.7. The third kappa shape index (κ3) is 5.58. The van der Waals surface area contributed by atoms with Crippen molar-refractivity contribution < 1.29 is 27.4 Å². The summed E-state index contributed by atoms with van der Waals surface area (Å²) in [6.07, 6.45) is -3.17. The predicted molar refractivity (Wildman–Crippen MR) is 126 cm³/mol. The van der Waals surface area contributed by atoms with E-state index in [9.17, 15) is 18.0 Å². The first-order valence-corrected chi connectivity index (χ1v) is 11.4. The van der Waals surface area contributed by atoms with Crippen LogP contribution in [0.3, 0.4) is 0 Å². The van der Waals surface area contributed by atoms with Gasteiger partial charge < -0.3 is 19.7 Å². The molecule has 0 bridgehead atoms. The molecule has 1 saturated heterocycles. The number of carbonyl (C=O) groups excluding carboxylic acids is 1. The van der Waals surface area contributed by atoms with E-state index in [2.05, 4.69) is 15.3 Å². The molecule has 2 heterocycles. The molecule has 1 N–H and O–H groups in total. The van der Waals surface area contributed by atoms with Crippen LogP contribution in [0.5, 0.6) is 11.5 Å². The van der Waals surface area contributed by atoms with Crippen LogP contribution in [-0.2, 0) is 17.4 Å². The highest BCUT2D eigenvalue weighted by molar-refractivity contribution is 5.79. The number of aromatic nitrogens is 2. The van der Waals surface area contributed by atoms with Crippen molar-refractivity contribution in [2.45, 2.75) is 25.4 Å². The Kier molecular flexibility index (Phi) is 7.28. The number of halogens is 3. The highest BCUT2D eigenvalue weighted by atomic mass is 19.4. The number of rotatable bonds is 7. The van der Waals surface area contributed by atoms with E-state index < -0.39 is 11.9 Å². The van der Waals surface area contributed by atoms with E-state index in [1.165, 1.54) is 6.07 Å².